The number of benzene rings is 2. The molecule has 0 bridgehead atoms. The molecule has 1 aromatic heterocycles. The Morgan fingerprint density at radius 2 is 1.87 bits per heavy atom. The van der Waals surface area contributed by atoms with E-state index in [-0.39, 0.29) is 0 Å². The van der Waals surface area contributed by atoms with E-state index in [1.165, 1.54) is 0 Å². The Bertz CT molecular complexity index is 839. The van der Waals surface area contributed by atoms with E-state index in [1.54, 1.807) is 24.4 Å². The molecule has 4 heteroatoms. The number of nitrogens with zero attached hydrogens (tertiary/aromatic N) is 2. The average molecular weight is 321 g/mol. The van der Waals surface area contributed by atoms with Gasteiger partial charge in [-0.1, -0.05) is 48.0 Å². The van der Waals surface area contributed by atoms with Crippen LogP contribution in [-0.2, 0) is 6.61 Å². The lowest BCUT2D eigenvalue weighted by atomic mass is 10.0. The fourth-order valence-corrected chi connectivity index (χ4v) is 2.39. The number of nitriles is 1. The Hall–Kier alpha value is -2.83. The minimum atomic E-state index is 0.470. The minimum Gasteiger partial charge on any atom is -0.473 e. The van der Waals surface area contributed by atoms with Gasteiger partial charge in [-0.15, -0.1) is 0 Å². The van der Waals surface area contributed by atoms with Crippen LogP contribution in [0.1, 0.15) is 11.1 Å². The normalized spacial score (nSPS) is 10.1. The van der Waals surface area contributed by atoms with Crippen molar-refractivity contribution in [2.24, 2.45) is 0 Å². The zero-order valence-corrected chi connectivity index (χ0v) is 13.0. The van der Waals surface area contributed by atoms with Gasteiger partial charge in [0, 0.05) is 28.4 Å². The second-order valence-electron chi connectivity index (χ2n) is 4.96. The fraction of sp³-hybridized carbons (Fsp3) is 0.0526. The van der Waals surface area contributed by atoms with Crippen molar-refractivity contribution in [3.05, 3.63) is 83.0 Å². The Balaban J connectivity index is 1.76. The highest BCUT2D eigenvalue weighted by Crippen LogP contribution is 2.26. The third-order valence-electron chi connectivity index (χ3n) is 3.38. The fourth-order valence-electron chi connectivity index (χ4n) is 2.22. The van der Waals surface area contributed by atoms with Crippen molar-refractivity contribution < 1.29 is 4.74 Å². The number of hydrogen-bond donors (Lipinski definition) is 0. The molecule has 0 aliphatic heterocycles. The predicted octanol–water partition coefficient (Wildman–Crippen LogP) is 4.85. The number of pyridine rings is 1. The Morgan fingerprint density at radius 3 is 2.57 bits per heavy atom. The molecule has 0 saturated heterocycles. The first-order valence-electron chi connectivity index (χ1n) is 7.09. The van der Waals surface area contributed by atoms with Gasteiger partial charge in [0.2, 0.25) is 5.88 Å². The predicted molar refractivity (Wildman–Crippen MR) is 90.2 cm³/mol. The highest BCUT2D eigenvalue weighted by molar-refractivity contribution is 6.30. The second-order valence-corrected chi connectivity index (χ2v) is 5.40. The summed E-state index contributed by atoms with van der Waals surface area (Å²) in [6, 6.07) is 21.0. The molecule has 0 N–H and O–H groups in total. The molecule has 0 atom stereocenters. The zero-order chi connectivity index (χ0) is 16.1. The van der Waals surface area contributed by atoms with Gasteiger partial charge in [-0.25, -0.2) is 4.98 Å². The molecular formula is C19H13ClN2O. The van der Waals surface area contributed by atoms with Crippen LogP contribution >= 0.6 is 11.6 Å². The quantitative estimate of drug-likeness (QED) is 0.690. The van der Waals surface area contributed by atoms with Gasteiger partial charge in [0.1, 0.15) is 6.61 Å². The van der Waals surface area contributed by atoms with E-state index in [1.807, 2.05) is 42.5 Å². The SMILES string of the molecule is N#Cc1cc(Cl)ccc1-c1ccc(OCc2ccccc2)nc1. The van der Waals surface area contributed by atoms with E-state index in [4.69, 9.17) is 16.3 Å². The third kappa shape index (κ3) is 3.68. The molecule has 0 radical (unpaired) electrons. The van der Waals surface area contributed by atoms with Gasteiger partial charge in [0.25, 0.3) is 0 Å². The summed E-state index contributed by atoms with van der Waals surface area (Å²) in [6.07, 6.45) is 1.70. The molecule has 0 fully saturated rings. The van der Waals surface area contributed by atoms with Gasteiger partial charge < -0.3 is 4.74 Å². The van der Waals surface area contributed by atoms with Gasteiger partial charge in [0.15, 0.2) is 0 Å². The molecule has 23 heavy (non-hydrogen) atoms. The summed E-state index contributed by atoms with van der Waals surface area (Å²) >= 11 is 5.92. The van der Waals surface area contributed by atoms with Crippen molar-refractivity contribution in [1.29, 1.82) is 5.26 Å². The average Bonchev–Trinajstić information content (AvgIpc) is 2.61. The summed E-state index contributed by atoms with van der Waals surface area (Å²) in [7, 11) is 0. The largest absolute Gasteiger partial charge is 0.473 e. The maximum atomic E-state index is 9.22. The lowest BCUT2D eigenvalue weighted by Gasteiger charge is -2.07. The Kier molecular flexibility index (Phi) is 4.56. The van der Waals surface area contributed by atoms with Crippen LogP contribution in [0.25, 0.3) is 11.1 Å². The summed E-state index contributed by atoms with van der Waals surface area (Å²) in [5.74, 6) is 0.546. The molecule has 3 aromatic rings. The summed E-state index contributed by atoms with van der Waals surface area (Å²) in [6.45, 7) is 0.470. The first-order chi connectivity index (χ1) is 11.3. The molecule has 0 saturated carbocycles. The molecule has 3 nitrogen and oxygen atoms in total. The summed E-state index contributed by atoms with van der Waals surface area (Å²) < 4.78 is 5.66. The van der Waals surface area contributed by atoms with Gasteiger partial charge >= 0.3 is 0 Å². The standard InChI is InChI=1S/C19H13ClN2O/c20-17-7-8-18(16(10-17)11-21)15-6-9-19(22-12-15)23-13-14-4-2-1-3-5-14/h1-10,12H,13H2. The molecule has 0 unspecified atom stereocenters. The topological polar surface area (TPSA) is 45.9 Å². The van der Waals surface area contributed by atoms with Crippen LogP contribution in [0.2, 0.25) is 5.02 Å². The van der Waals surface area contributed by atoms with Crippen LogP contribution in [-0.4, -0.2) is 4.98 Å². The molecule has 1 heterocycles. The summed E-state index contributed by atoms with van der Waals surface area (Å²) in [5, 5.41) is 9.76. The van der Waals surface area contributed by atoms with Crippen molar-refractivity contribution in [2.75, 3.05) is 0 Å². The first-order valence-corrected chi connectivity index (χ1v) is 7.47. The van der Waals surface area contributed by atoms with Crippen LogP contribution in [0.15, 0.2) is 66.9 Å². The van der Waals surface area contributed by atoms with E-state index < -0.39 is 0 Å². The van der Waals surface area contributed by atoms with Crippen LogP contribution in [0.4, 0.5) is 0 Å². The highest BCUT2D eigenvalue weighted by atomic mass is 35.5. The van der Waals surface area contributed by atoms with Crippen molar-refractivity contribution >= 4 is 11.6 Å². The maximum Gasteiger partial charge on any atom is 0.213 e. The van der Waals surface area contributed by atoms with Gasteiger partial charge in [0.05, 0.1) is 11.6 Å². The molecule has 0 aliphatic rings. The van der Waals surface area contributed by atoms with Gasteiger partial charge in [-0.05, 0) is 23.8 Å². The molecule has 0 spiro atoms. The summed E-state index contributed by atoms with van der Waals surface area (Å²) in [5.41, 5.74) is 3.27. The number of ether oxygens (including phenoxy) is 1. The lowest BCUT2D eigenvalue weighted by Crippen LogP contribution is -1.97. The van der Waals surface area contributed by atoms with Crippen molar-refractivity contribution in [3.8, 4) is 23.1 Å². The van der Waals surface area contributed by atoms with Crippen LogP contribution in [0.3, 0.4) is 0 Å². The van der Waals surface area contributed by atoms with E-state index >= 15 is 0 Å². The Labute approximate surface area is 139 Å². The highest BCUT2D eigenvalue weighted by Gasteiger charge is 2.07. The van der Waals surface area contributed by atoms with Crippen molar-refractivity contribution in [3.63, 3.8) is 0 Å². The molecule has 112 valence electrons. The smallest absolute Gasteiger partial charge is 0.213 e. The molecule has 2 aromatic carbocycles. The van der Waals surface area contributed by atoms with Crippen LogP contribution in [0, 0.1) is 11.3 Å². The molecule has 0 amide bonds. The van der Waals surface area contributed by atoms with Crippen LogP contribution in [0.5, 0.6) is 5.88 Å². The van der Waals surface area contributed by atoms with Crippen molar-refractivity contribution in [2.45, 2.75) is 6.61 Å². The third-order valence-corrected chi connectivity index (χ3v) is 3.61. The van der Waals surface area contributed by atoms with E-state index in [2.05, 4.69) is 11.1 Å². The second kappa shape index (κ2) is 6.95. The number of aromatic nitrogens is 1. The van der Waals surface area contributed by atoms with E-state index in [9.17, 15) is 5.26 Å². The lowest BCUT2D eigenvalue weighted by molar-refractivity contribution is 0.294. The van der Waals surface area contributed by atoms with Gasteiger partial charge in [-0.2, -0.15) is 5.26 Å². The van der Waals surface area contributed by atoms with E-state index in [0.717, 1.165) is 16.7 Å². The maximum absolute atomic E-state index is 9.22. The Morgan fingerprint density at radius 1 is 1.04 bits per heavy atom. The summed E-state index contributed by atoms with van der Waals surface area (Å²) in [4.78, 5) is 4.30. The molecule has 3 rings (SSSR count). The first kappa shape index (κ1) is 15.1. The number of halogens is 1. The number of rotatable bonds is 4. The molecule has 0 aliphatic carbocycles. The molecular weight excluding hydrogens is 308 g/mol. The van der Waals surface area contributed by atoms with Crippen molar-refractivity contribution in [1.82, 2.24) is 4.98 Å². The zero-order valence-electron chi connectivity index (χ0n) is 12.2. The minimum absolute atomic E-state index is 0.470. The van der Waals surface area contributed by atoms with Crippen LogP contribution < -0.4 is 4.74 Å². The van der Waals surface area contributed by atoms with E-state index in [0.29, 0.717) is 23.1 Å². The monoisotopic (exact) mass is 320 g/mol. The van der Waals surface area contributed by atoms with Gasteiger partial charge in [-0.3, -0.25) is 0 Å². The number of hydrogen-bond acceptors (Lipinski definition) is 3.